The summed E-state index contributed by atoms with van der Waals surface area (Å²) in [7, 11) is 0. The Kier molecular flexibility index (Phi) is 10.8. The van der Waals surface area contributed by atoms with E-state index in [0.717, 1.165) is 35.9 Å². The van der Waals surface area contributed by atoms with Gasteiger partial charge in [-0.05, 0) is 61.9 Å². The highest BCUT2D eigenvalue weighted by molar-refractivity contribution is 8.00. The van der Waals surface area contributed by atoms with Gasteiger partial charge in [0.1, 0.15) is 0 Å². The van der Waals surface area contributed by atoms with Crippen molar-refractivity contribution in [2.45, 2.75) is 76.2 Å². The van der Waals surface area contributed by atoms with Gasteiger partial charge < -0.3 is 15.2 Å². The summed E-state index contributed by atoms with van der Waals surface area (Å²) in [6.45, 7) is 6.32. The minimum Gasteiger partial charge on any atom is -0.326 e. The number of carbonyl (C=O) groups is 2. The van der Waals surface area contributed by atoms with Crippen molar-refractivity contribution in [1.82, 2.24) is 14.8 Å². The lowest BCUT2D eigenvalue weighted by Gasteiger charge is -2.14. The van der Waals surface area contributed by atoms with Gasteiger partial charge in [0, 0.05) is 35.4 Å². The molecular formula is C27H34ClN5O2S. The molecule has 1 unspecified atom stereocenters. The predicted octanol–water partition coefficient (Wildman–Crippen LogP) is 7.04. The normalized spacial score (nSPS) is 11.8. The minimum atomic E-state index is -0.384. The molecule has 0 aliphatic rings. The van der Waals surface area contributed by atoms with E-state index in [1.54, 1.807) is 24.3 Å². The fraction of sp³-hybridized carbons (Fsp3) is 0.407. The highest BCUT2D eigenvalue weighted by Gasteiger charge is 2.21. The van der Waals surface area contributed by atoms with Crippen LogP contribution in [0.2, 0.25) is 5.02 Å². The Hall–Kier alpha value is -2.84. The van der Waals surface area contributed by atoms with Gasteiger partial charge in [-0.15, -0.1) is 10.2 Å². The van der Waals surface area contributed by atoms with Crippen LogP contribution in [0.1, 0.15) is 59.3 Å². The second-order valence-corrected chi connectivity index (χ2v) is 10.5. The Morgan fingerprint density at radius 1 is 0.917 bits per heavy atom. The zero-order chi connectivity index (χ0) is 25.9. The number of unbranched alkanes of at least 4 members (excludes halogenated alkanes) is 5. The molecule has 0 aliphatic heterocycles. The number of rotatable bonds is 13. The molecule has 3 aromatic rings. The largest absolute Gasteiger partial charge is 0.326 e. The lowest BCUT2D eigenvalue weighted by molar-refractivity contribution is -0.115. The number of nitrogens with zero attached hydrogens (tertiary/aromatic N) is 3. The molecule has 2 amide bonds. The van der Waals surface area contributed by atoms with Crippen LogP contribution in [0.25, 0.3) is 11.4 Å². The van der Waals surface area contributed by atoms with E-state index in [1.807, 2.05) is 31.2 Å². The van der Waals surface area contributed by atoms with Gasteiger partial charge in [-0.1, -0.05) is 62.4 Å². The van der Waals surface area contributed by atoms with E-state index in [0.29, 0.717) is 16.4 Å². The number of aromatic nitrogens is 3. The lowest BCUT2D eigenvalue weighted by atomic mass is 10.1. The fourth-order valence-corrected chi connectivity index (χ4v) is 4.74. The van der Waals surface area contributed by atoms with E-state index < -0.39 is 0 Å². The predicted molar refractivity (Wildman–Crippen MR) is 149 cm³/mol. The molecule has 7 nitrogen and oxygen atoms in total. The molecule has 1 aromatic heterocycles. The molecule has 0 spiro atoms. The van der Waals surface area contributed by atoms with Crippen molar-refractivity contribution in [2.24, 2.45) is 0 Å². The van der Waals surface area contributed by atoms with Gasteiger partial charge >= 0.3 is 0 Å². The third-order valence-corrected chi connectivity index (χ3v) is 7.01. The van der Waals surface area contributed by atoms with Crippen molar-refractivity contribution in [1.29, 1.82) is 0 Å². The maximum Gasteiger partial charge on any atom is 0.237 e. The average Bonchev–Trinajstić information content (AvgIpc) is 3.24. The van der Waals surface area contributed by atoms with E-state index >= 15 is 0 Å². The van der Waals surface area contributed by atoms with Gasteiger partial charge in [-0.3, -0.25) is 9.59 Å². The van der Waals surface area contributed by atoms with Crippen LogP contribution in [0, 0.1) is 0 Å². The van der Waals surface area contributed by atoms with E-state index in [-0.39, 0.29) is 17.1 Å². The van der Waals surface area contributed by atoms with E-state index in [4.69, 9.17) is 11.6 Å². The van der Waals surface area contributed by atoms with Gasteiger partial charge in [-0.2, -0.15) is 0 Å². The van der Waals surface area contributed by atoms with Crippen LogP contribution in [0.3, 0.4) is 0 Å². The first-order chi connectivity index (χ1) is 17.4. The smallest absolute Gasteiger partial charge is 0.237 e. The molecule has 0 radical (unpaired) electrons. The standard InChI is InChI=1S/C27H34ClN5O2S/c1-4-5-6-7-8-9-18-33-25(21-10-12-22(28)13-11-21)31-32-27(33)36-19(2)26(35)30-24-16-14-23(15-17-24)29-20(3)34/h10-17,19H,4-9,18H2,1-3H3,(H,29,34)(H,30,35). The van der Waals surface area contributed by atoms with Crippen LogP contribution in [0.4, 0.5) is 11.4 Å². The number of hydrogen-bond acceptors (Lipinski definition) is 5. The van der Waals surface area contributed by atoms with Crippen LogP contribution in [0.5, 0.6) is 0 Å². The average molecular weight is 528 g/mol. The molecule has 1 heterocycles. The Labute approximate surface area is 222 Å². The summed E-state index contributed by atoms with van der Waals surface area (Å²) in [5.74, 6) is 0.512. The van der Waals surface area contributed by atoms with Crippen molar-refractivity contribution in [3.05, 3.63) is 53.6 Å². The Balaban J connectivity index is 1.68. The Morgan fingerprint density at radius 2 is 1.53 bits per heavy atom. The van der Waals surface area contributed by atoms with Crippen LogP contribution in [-0.4, -0.2) is 31.8 Å². The van der Waals surface area contributed by atoms with Gasteiger partial charge in [0.05, 0.1) is 5.25 Å². The lowest BCUT2D eigenvalue weighted by Crippen LogP contribution is -2.23. The van der Waals surface area contributed by atoms with E-state index in [1.165, 1.54) is 44.4 Å². The third-order valence-electron chi connectivity index (χ3n) is 5.68. The van der Waals surface area contributed by atoms with Crippen molar-refractivity contribution < 1.29 is 9.59 Å². The summed E-state index contributed by atoms with van der Waals surface area (Å²) >= 11 is 7.47. The van der Waals surface area contributed by atoms with Gasteiger partial charge in [-0.25, -0.2) is 0 Å². The maximum absolute atomic E-state index is 12.9. The number of carbonyl (C=O) groups excluding carboxylic acids is 2. The molecule has 0 aliphatic carbocycles. The molecule has 0 fully saturated rings. The molecule has 3 rings (SSSR count). The third kappa shape index (κ3) is 8.38. The summed E-state index contributed by atoms with van der Waals surface area (Å²) in [5.41, 5.74) is 2.29. The number of thioether (sulfide) groups is 1. The molecule has 0 saturated heterocycles. The van der Waals surface area contributed by atoms with Crippen LogP contribution < -0.4 is 10.6 Å². The summed E-state index contributed by atoms with van der Waals surface area (Å²) < 4.78 is 2.11. The second kappa shape index (κ2) is 14.0. The molecule has 0 saturated carbocycles. The molecule has 9 heteroatoms. The molecular weight excluding hydrogens is 494 g/mol. The summed E-state index contributed by atoms with van der Waals surface area (Å²) in [6, 6.07) is 14.6. The first-order valence-electron chi connectivity index (χ1n) is 12.4. The Morgan fingerprint density at radius 3 is 2.17 bits per heavy atom. The van der Waals surface area contributed by atoms with Crippen LogP contribution >= 0.6 is 23.4 Å². The summed E-state index contributed by atoms with van der Waals surface area (Å²) in [4.78, 5) is 24.1. The fourth-order valence-electron chi connectivity index (χ4n) is 3.74. The number of hydrogen-bond donors (Lipinski definition) is 2. The topological polar surface area (TPSA) is 88.9 Å². The van der Waals surface area contributed by atoms with Gasteiger partial charge in [0.25, 0.3) is 0 Å². The summed E-state index contributed by atoms with van der Waals surface area (Å²) in [6.07, 6.45) is 7.14. The second-order valence-electron chi connectivity index (χ2n) is 8.74. The summed E-state index contributed by atoms with van der Waals surface area (Å²) in [5, 5.41) is 15.5. The number of nitrogens with one attached hydrogen (secondary N) is 2. The molecule has 2 N–H and O–H groups in total. The van der Waals surface area contributed by atoms with Crippen molar-refractivity contribution >= 4 is 46.6 Å². The highest BCUT2D eigenvalue weighted by Crippen LogP contribution is 2.29. The Bertz CT molecular complexity index is 1130. The SMILES string of the molecule is CCCCCCCCn1c(SC(C)C(=O)Nc2ccc(NC(C)=O)cc2)nnc1-c1ccc(Cl)cc1. The number of halogens is 1. The van der Waals surface area contributed by atoms with Crippen molar-refractivity contribution in [3.8, 4) is 11.4 Å². The van der Waals surface area contributed by atoms with Crippen molar-refractivity contribution in [3.63, 3.8) is 0 Å². The van der Waals surface area contributed by atoms with Gasteiger partial charge in [0.15, 0.2) is 11.0 Å². The first kappa shape index (κ1) is 27.7. The molecule has 0 bridgehead atoms. The van der Waals surface area contributed by atoms with Crippen LogP contribution in [-0.2, 0) is 16.1 Å². The van der Waals surface area contributed by atoms with Crippen LogP contribution in [0.15, 0.2) is 53.7 Å². The number of anilines is 2. The zero-order valence-electron chi connectivity index (χ0n) is 21.1. The van der Waals surface area contributed by atoms with Crippen molar-refractivity contribution in [2.75, 3.05) is 10.6 Å². The first-order valence-corrected chi connectivity index (χ1v) is 13.7. The van der Waals surface area contributed by atoms with E-state index in [9.17, 15) is 9.59 Å². The monoisotopic (exact) mass is 527 g/mol. The minimum absolute atomic E-state index is 0.130. The quantitative estimate of drug-likeness (QED) is 0.184. The van der Waals surface area contributed by atoms with Gasteiger partial charge in [0.2, 0.25) is 11.8 Å². The molecule has 1 atom stereocenters. The highest BCUT2D eigenvalue weighted by atomic mass is 35.5. The van der Waals surface area contributed by atoms with E-state index in [2.05, 4.69) is 32.3 Å². The molecule has 2 aromatic carbocycles. The molecule has 192 valence electrons. The number of benzene rings is 2. The zero-order valence-corrected chi connectivity index (χ0v) is 22.7. The maximum atomic E-state index is 12.9. The number of amides is 2. The molecule has 36 heavy (non-hydrogen) atoms.